The molecule has 1 aliphatic rings. The number of carbonyl (C=O) groups is 1. The molecular formula is C10H17N5O3. The van der Waals surface area contributed by atoms with Crippen LogP contribution in [-0.2, 0) is 4.79 Å². The van der Waals surface area contributed by atoms with E-state index >= 15 is 0 Å². The third kappa shape index (κ3) is 2.77. The Kier molecular flexibility index (Phi) is 4.67. The standard InChI is InChI=1S/C9H13N5O2.CH4O/c1-2-5(15)4-3-11-7-6(12-4)8(16)14-9(10)13-7;1-2/h4,12H,2-3H2,1H3,(H4,10,11,13,14,16);2H,1H3. The quantitative estimate of drug-likeness (QED) is 0.464. The van der Waals surface area contributed by atoms with Crippen molar-refractivity contribution in [3.8, 4) is 0 Å². The Morgan fingerprint density at radius 1 is 1.56 bits per heavy atom. The van der Waals surface area contributed by atoms with E-state index in [-0.39, 0.29) is 29.0 Å². The first-order chi connectivity index (χ1) is 8.61. The Morgan fingerprint density at radius 2 is 2.22 bits per heavy atom. The van der Waals surface area contributed by atoms with Gasteiger partial charge in [0, 0.05) is 20.1 Å². The first-order valence-corrected chi connectivity index (χ1v) is 5.49. The van der Waals surface area contributed by atoms with Crippen LogP contribution in [0, 0.1) is 0 Å². The zero-order valence-corrected chi connectivity index (χ0v) is 10.3. The predicted octanol–water partition coefficient (Wildman–Crippen LogP) is -0.854. The Morgan fingerprint density at radius 3 is 2.83 bits per heavy atom. The summed E-state index contributed by atoms with van der Waals surface area (Å²) >= 11 is 0. The normalized spacial score (nSPS) is 16.5. The molecule has 0 aliphatic carbocycles. The summed E-state index contributed by atoms with van der Waals surface area (Å²) in [6.07, 6.45) is 0.426. The molecular weight excluding hydrogens is 238 g/mol. The third-order valence-electron chi connectivity index (χ3n) is 2.47. The lowest BCUT2D eigenvalue weighted by Crippen LogP contribution is -2.42. The second kappa shape index (κ2) is 6.01. The smallest absolute Gasteiger partial charge is 0.277 e. The Labute approximate surface area is 104 Å². The molecule has 1 aromatic rings. The van der Waals surface area contributed by atoms with Crippen LogP contribution in [0.5, 0.6) is 0 Å². The molecule has 2 rings (SSSR count). The SMILES string of the molecule is CCC(=O)C1CNc2nc(N)[nH]c(=O)c2N1.CO. The van der Waals surface area contributed by atoms with Gasteiger partial charge in [0.1, 0.15) is 11.7 Å². The highest BCUT2D eigenvalue weighted by atomic mass is 16.2. The van der Waals surface area contributed by atoms with Crippen LogP contribution in [-0.4, -0.2) is 40.6 Å². The second-order valence-corrected chi connectivity index (χ2v) is 3.57. The van der Waals surface area contributed by atoms with Crippen LogP contribution in [0.4, 0.5) is 17.5 Å². The monoisotopic (exact) mass is 255 g/mol. The second-order valence-electron chi connectivity index (χ2n) is 3.57. The van der Waals surface area contributed by atoms with E-state index in [1.54, 1.807) is 6.92 Å². The predicted molar refractivity (Wildman–Crippen MR) is 68.6 cm³/mol. The number of Topliss-reactive ketones (excluding diaryl/α,β-unsaturated/α-hetero) is 1. The maximum atomic E-state index is 11.6. The molecule has 0 fully saturated rings. The number of aliphatic hydroxyl groups excluding tert-OH is 1. The molecule has 0 aromatic carbocycles. The minimum Gasteiger partial charge on any atom is -0.400 e. The van der Waals surface area contributed by atoms with E-state index in [0.29, 0.717) is 18.8 Å². The third-order valence-corrected chi connectivity index (χ3v) is 2.47. The highest BCUT2D eigenvalue weighted by Crippen LogP contribution is 2.20. The van der Waals surface area contributed by atoms with Gasteiger partial charge >= 0.3 is 0 Å². The first-order valence-electron chi connectivity index (χ1n) is 5.49. The Hall–Kier alpha value is -2.09. The molecule has 2 heterocycles. The lowest BCUT2D eigenvalue weighted by molar-refractivity contribution is -0.119. The van der Waals surface area contributed by atoms with Crippen molar-refractivity contribution >= 4 is 23.2 Å². The fraction of sp³-hybridized carbons (Fsp3) is 0.500. The van der Waals surface area contributed by atoms with Crippen LogP contribution < -0.4 is 21.9 Å². The Balaban J connectivity index is 0.000000771. The van der Waals surface area contributed by atoms with E-state index in [1.807, 2.05) is 0 Å². The molecule has 8 nitrogen and oxygen atoms in total. The van der Waals surface area contributed by atoms with Gasteiger partial charge in [-0.3, -0.25) is 14.6 Å². The summed E-state index contributed by atoms with van der Waals surface area (Å²) in [5, 5.41) is 12.8. The van der Waals surface area contributed by atoms with Crippen molar-refractivity contribution < 1.29 is 9.90 Å². The number of ketones is 1. The van der Waals surface area contributed by atoms with E-state index < -0.39 is 0 Å². The van der Waals surface area contributed by atoms with Gasteiger partial charge in [0.15, 0.2) is 11.6 Å². The van der Waals surface area contributed by atoms with Gasteiger partial charge in [-0.05, 0) is 0 Å². The summed E-state index contributed by atoms with van der Waals surface area (Å²) in [5.74, 6) is 0.495. The van der Waals surface area contributed by atoms with Crippen molar-refractivity contribution in [2.45, 2.75) is 19.4 Å². The minimum absolute atomic E-state index is 0.0503. The number of H-pyrrole nitrogens is 1. The zero-order chi connectivity index (χ0) is 13.7. The minimum atomic E-state index is -0.385. The number of nitrogen functional groups attached to an aromatic ring is 1. The fourth-order valence-corrected chi connectivity index (χ4v) is 1.62. The molecule has 1 aromatic heterocycles. The van der Waals surface area contributed by atoms with Gasteiger partial charge in [-0.1, -0.05) is 6.92 Å². The lowest BCUT2D eigenvalue weighted by Gasteiger charge is -2.25. The van der Waals surface area contributed by atoms with Gasteiger partial charge < -0.3 is 21.5 Å². The van der Waals surface area contributed by atoms with Crippen LogP contribution in [0.3, 0.4) is 0 Å². The molecule has 18 heavy (non-hydrogen) atoms. The molecule has 6 N–H and O–H groups in total. The van der Waals surface area contributed by atoms with Gasteiger partial charge in [-0.15, -0.1) is 0 Å². The number of aliphatic hydroxyl groups is 1. The first kappa shape index (κ1) is 14.0. The molecule has 1 aliphatic heterocycles. The molecule has 0 bridgehead atoms. The molecule has 0 saturated heterocycles. The van der Waals surface area contributed by atoms with Crippen molar-refractivity contribution in [3.63, 3.8) is 0 Å². The summed E-state index contributed by atoms with van der Waals surface area (Å²) in [7, 11) is 1.00. The van der Waals surface area contributed by atoms with Crippen molar-refractivity contribution in [1.82, 2.24) is 9.97 Å². The number of hydrogen-bond acceptors (Lipinski definition) is 7. The van der Waals surface area contributed by atoms with Crippen LogP contribution in [0.2, 0.25) is 0 Å². The number of hydrogen-bond donors (Lipinski definition) is 5. The molecule has 0 radical (unpaired) electrons. The van der Waals surface area contributed by atoms with Crippen LogP contribution in [0.25, 0.3) is 0 Å². The molecule has 8 heteroatoms. The highest BCUT2D eigenvalue weighted by Gasteiger charge is 2.25. The number of rotatable bonds is 2. The van der Waals surface area contributed by atoms with E-state index in [2.05, 4.69) is 20.6 Å². The summed E-state index contributed by atoms with van der Waals surface area (Å²) in [4.78, 5) is 29.4. The van der Waals surface area contributed by atoms with Crippen LogP contribution in [0.15, 0.2) is 4.79 Å². The summed E-state index contributed by atoms with van der Waals surface area (Å²) in [6.45, 7) is 2.20. The lowest BCUT2D eigenvalue weighted by atomic mass is 10.1. The molecule has 100 valence electrons. The van der Waals surface area contributed by atoms with Gasteiger partial charge in [-0.25, -0.2) is 0 Å². The maximum absolute atomic E-state index is 11.6. The number of carbonyl (C=O) groups excluding carboxylic acids is 1. The van der Waals surface area contributed by atoms with Gasteiger partial charge in [0.05, 0.1) is 0 Å². The number of aromatic amines is 1. The van der Waals surface area contributed by atoms with Crippen molar-refractivity contribution in [2.24, 2.45) is 0 Å². The van der Waals surface area contributed by atoms with E-state index in [0.717, 1.165) is 7.11 Å². The van der Waals surface area contributed by atoms with Crippen LogP contribution >= 0.6 is 0 Å². The van der Waals surface area contributed by atoms with Crippen LogP contribution in [0.1, 0.15) is 13.3 Å². The Bertz CT molecular complexity index is 485. The number of nitrogens with two attached hydrogens (primary N) is 1. The number of anilines is 3. The molecule has 1 atom stereocenters. The average Bonchev–Trinajstić information content (AvgIpc) is 2.39. The van der Waals surface area contributed by atoms with Gasteiger partial charge in [0.25, 0.3) is 5.56 Å². The molecule has 1 unspecified atom stereocenters. The number of aromatic nitrogens is 2. The van der Waals surface area contributed by atoms with E-state index in [1.165, 1.54) is 0 Å². The van der Waals surface area contributed by atoms with Gasteiger partial charge in [0.2, 0.25) is 5.95 Å². The van der Waals surface area contributed by atoms with E-state index in [4.69, 9.17) is 10.8 Å². The van der Waals surface area contributed by atoms with E-state index in [9.17, 15) is 9.59 Å². The highest BCUT2D eigenvalue weighted by molar-refractivity contribution is 5.89. The van der Waals surface area contributed by atoms with Gasteiger partial charge in [-0.2, -0.15) is 4.98 Å². The largest absolute Gasteiger partial charge is 0.400 e. The number of fused-ring (bicyclic) bond motifs is 1. The molecule has 0 spiro atoms. The molecule has 0 amide bonds. The molecule has 0 saturated carbocycles. The summed E-state index contributed by atoms with van der Waals surface area (Å²) in [5.41, 5.74) is 5.30. The number of nitrogens with zero attached hydrogens (tertiary/aromatic N) is 1. The fourth-order valence-electron chi connectivity index (χ4n) is 1.62. The maximum Gasteiger partial charge on any atom is 0.277 e. The summed E-state index contributed by atoms with van der Waals surface area (Å²) < 4.78 is 0. The topological polar surface area (TPSA) is 133 Å². The average molecular weight is 255 g/mol. The zero-order valence-electron chi connectivity index (χ0n) is 10.3. The number of nitrogens with one attached hydrogen (secondary N) is 3. The summed E-state index contributed by atoms with van der Waals surface area (Å²) in [6, 6.07) is -0.385. The van der Waals surface area contributed by atoms with Crippen molar-refractivity contribution in [1.29, 1.82) is 0 Å². The van der Waals surface area contributed by atoms with Crippen molar-refractivity contribution in [3.05, 3.63) is 10.4 Å². The van der Waals surface area contributed by atoms with Crippen molar-refractivity contribution in [2.75, 3.05) is 30.0 Å².